The van der Waals surface area contributed by atoms with Crippen LogP contribution >= 0.6 is 0 Å². The summed E-state index contributed by atoms with van der Waals surface area (Å²) >= 11 is 0. The Kier molecular flexibility index (Phi) is 4.24. The van der Waals surface area contributed by atoms with Crippen LogP contribution in [0.25, 0.3) is 5.52 Å². The molecule has 0 saturated heterocycles. The number of hydrogen-bond donors (Lipinski definition) is 1. The summed E-state index contributed by atoms with van der Waals surface area (Å²) in [5.41, 5.74) is 4.24. The molecule has 1 N–H and O–H groups in total. The van der Waals surface area contributed by atoms with Gasteiger partial charge in [0.05, 0.1) is 24.1 Å². The fraction of sp³-hybridized carbons (Fsp3) is 0.435. The van der Waals surface area contributed by atoms with Gasteiger partial charge in [0.15, 0.2) is 0 Å². The summed E-state index contributed by atoms with van der Waals surface area (Å²) in [4.78, 5) is 4.28. The molecule has 4 heteroatoms. The number of imidazole rings is 1. The van der Waals surface area contributed by atoms with Gasteiger partial charge in [-0.25, -0.2) is 9.37 Å². The first kappa shape index (κ1) is 16.9. The van der Waals surface area contributed by atoms with E-state index in [2.05, 4.69) is 17.2 Å². The highest BCUT2D eigenvalue weighted by atomic mass is 19.1. The molecular formula is C23H25FN2O. The molecule has 3 aromatic rings. The minimum absolute atomic E-state index is 0.0958. The number of pyridine rings is 1. The molecule has 0 bridgehead atoms. The lowest BCUT2D eigenvalue weighted by Crippen LogP contribution is -2.21. The van der Waals surface area contributed by atoms with E-state index in [0.29, 0.717) is 5.92 Å². The Labute approximate surface area is 158 Å². The first-order valence-electron chi connectivity index (χ1n) is 10.1. The standard InChI is InChI=1S/C23H25FN2O/c24-20-4-2-1-3-18(20)15-7-9-17(10-8-15)23(27)22-19(16-5-6-16)11-12-26-14-25-13-21(22)26/h1-4,11-17,23,27H,5-10H2/t15-,17-,23-/m0/s1. The molecule has 1 aromatic carbocycles. The van der Waals surface area contributed by atoms with Gasteiger partial charge in [-0.3, -0.25) is 0 Å². The molecule has 0 spiro atoms. The fourth-order valence-electron chi connectivity index (χ4n) is 4.89. The first-order valence-corrected chi connectivity index (χ1v) is 10.1. The summed E-state index contributed by atoms with van der Waals surface area (Å²) in [7, 11) is 0. The van der Waals surface area contributed by atoms with E-state index >= 15 is 0 Å². The monoisotopic (exact) mass is 364 g/mol. The molecule has 27 heavy (non-hydrogen) atoms. The minimum atomic E-state index is -0.470. The second-order valence-corrected chi connectivity index (χ2v) is 8.22. The summed E-state index contributed by atoms with van der Waals surface area (Å²) in [6.07, 6.45) is 11.4. The van der Waals surface area contributed by atoms with Crippen molar-refractivity contribution in [1.82, 2.24) is 9.38 Å². The molecule has 0 unspecified atom stereocenters. The van der Waals surface area contributed by atoms with Crippen molar-refractivity contribution in [1.29, 1.82) is 0 Å². The highest BCUT2D eigenvalue weighted by Crippen LogP contribution is 2.48. The maximum atomic E-state index is 14.1. The smallest absolute Gasteiger partial charge is 0.126 e. The summed E-state index contributed by atoms with van der Waals surface area (Å²) in [6, 6.07) is 9.30. The van der Waals surface area contributed by atoms with Gasteiger partial charge in [0.2, 0.25) is 0 Å². The van der Waals surface area contributed by atoms with Crippen molar-refractivity contribution in [2.24, 2.45) is 5.92 Å². The van der Waals surface area contributed by atoms with Crippen molar-refractivity contribution in [2.45, 2.75) is 56.5 Å². The van der Waals surface area contributed by atoms with Gasteiger partial charge >= 0.3 is 0 Å². The molecule has 2 heterocycles. The molecule has 2 saturated carbocycles. The quantitative estimate of drug-likeness (QED) is 0.677. The van der Waals surface area contributed by atoms with Crippen molar-refractivity contribution < 1.29 is 9.50 Å². The summed E-state index contributed by atoms with van der Waals surface area (Å²) in [5.74, 6) is 0.987. The Balaban J connectivity index is 1.39. The van der Waals surface area contributed by atoms with Gasteiger partial charge in [0.1, 0.15) is 5.82 Å². The molecule has 5 rings (SSSR count). The highest BCUT2D eigenvalue weighted by molar-refractivity contribution is 5.59. The van der Waals surface area contributed by atoms with Crippen LogP contribution in [0.4, 0.5) is 4.39 Å². The zero-order valence-corrected chi connectivity index (χ0v) is 15.4. The number of aromatic nitrogens is 2. The van der Waals surface area contributed by atoms with Crippen LogP contribution in [0.5, 0.6) is 0 Å². The maximum absolute atomic E-state index is 14.1. The lowest BCUT2D eigenvalue weighted by atomic mass is 9.74. The van der Waals surface area contributed by atoms with E-state index in [-0.39, 0.29) is 17.7 Å². The largest absolute Gasteiger partial charge is 0.388 e. The molecule has 140 valence electrons. The Bertz CT molecular complexity index is 954. The fourth-order valence-corrected chi connectivity index (χ4v) is 4.89. The van der Waals surface area contributed by atoms with E-state index in [0.717, 1.165) is 42.3 Å². The molecule has 1 atom stereocenters. The first-order chi connectivity index (χ1) is 13.2. The second-order valence-electron chi connectivity index (χ2n) is 8.22. The van der Waals surface area contributed by atoms with Crippen LogP contribution in [-0.4, -0.2) is 14.5 Å². The van der Waals surface area contributed by atoms with Crippen molar-refractivity contribution in [3.63, 3.8) is 0 Å². The van der Waals surface area contributed by atoms with Crippen LogP contribution in [0.1, 0.15) is 73.2 Å². The van der Waals surface area contributed by atoms with E-state index in [1.54, 1.807) is 18.5 Å². The lowest BCUT2D eigenvalue weighted by molar-refractivity contribution is 0.0807. The third-order valence-electron chi connectivity index (χ3n) is 6.54. The van der Waals surface area contributed by atoms with Gasteiger partial charge in [-0.2, -0.15) is 0 Å². The highest BCUT2D eigenvalue weighted by Gasteiger charge is 2.34. The Hall–Kier alpha value is -2.20. The number of halogens is 1. The van der Waals surface area contributed by atoms with Crippen molar-refractivity contribution in [2.75, 3.05) is 0 Å². The van der Waals surface area contributed by atoms with Gasteiger partial charge in [0.25, 0.3) is 0 Å². The zero-order chi connectivity index (χ0) is 18.4. The predicted octanol–water partition coefficient (Wildman–Crippen LogP) is 5.36. The average Bonchev–Trinajstić information content (AvgIpc) is 3.44. The molecule has 3 nitrogen and oxygen atoms in total. The normalized spacial score (nSPS) is 24.2. The third-order valence-corrected chi connectivity index (χ3v) is 6.54. The molecular weight excluding hydrogens is 339 g/mol. The number of fused-ring (bicyclic) bond motifs is 1. The number of nitrogens with zero attached hydrogens (tertiary/aromatic N) is 2. The summed E-state index contributed by atoms with van der Waals surface area (Å²) < 4.78 is 16.1. The number of rotatable bonds is 4. The molecule has 2 fully saturated rings. The molecule has 0 amide bonds. The average molecular weight is 364 g/mol. The second kappa shape index (κ2) is 6.75. The van der Waals surface area contributed by atoms with Gasteiger partial charge in [-0.15, -0.1) is 0 Å². The van der Waals surface area contributed by atoms with Crippen molar-refractivity contribution >= 4 is 5.52 Å². The number of benzene rings is 1. The molecule has 2 aliphatic rings. The minimum Gasteiger partial charge on any atom is -0.388 e. The van der Waals surface area contributed by atoms with Crippen LogP contribution in [0.2, 0.25) is 0 Å². The molecule has 2 aliphatic carbocycles. The van der Waals surface area contributed by atoms with Gasteiger partial charge < -0.3 is 9.51 Å². The Morgan fingerprint density at radius 1 is 0.963 bits per heavy atom. The van der Waals surface area contributed by atoms with E-state index in [1.807, 2.05) is 22.7 Å². The summed E-state index contributed by atoms with van der Waals surface area (Å²) in [6.45, 7) is 0. The van der Waals surface area contributed by atoms with Crippen LogP contribution < -0.4 is 0 Å². The number of aliphatic hydroxyl groups is 1. The summed E-state index contributed by atoms with van der Waals surface area (Å²) in [5, 5.41) is 11.3. The van der Waals surface area contributed by atoms with Crippen molar-refractivity contribution in [3.05, 3.63) is 71.6 Å². The molecule has 0 radical (unpaired) electrons. The third kappa shape index (κ3) is 3.06. The number of aliphatic hydroxyl groups excluding tert-OH is 1. The lowest BCUT2D eigenvalue weighted by Gasteiger charge is -2.33. The van der Waals surface area contributed by atoms with E-state index in [4.69, 9.17) is 0 Å². The van der Waals surface area contributed by atoms with Gasteiger partial charge in [0, 0.05) is 11.8 Å². The SMILES string of the molecule is O[C@H](c1c(C2CC2)ccn2cncc12)[C@H]1CC[C@H](c2ccccc2F)CC1. The van der Waals surface area contributed by atoms with E-state index in [1.165, 1.54) is 18.4 Å². The maximum Gasteiger partial charge on any atom is 0.126 e. The van der Waals surface area contributed by atoms with Gasteiger partial charge in [-0.05, 0) is 79.5 Å². The Morgan fingerprint density at radius 2 is 1.67 bits per heavy atom. The van der Waals surface area contributed by atoms with Crippen LogP contribution in [0, 0.1) is 11.7 Å². The van der Waals surface area contributed by atoms with E-state index in [9.17, 15) is 9.50 Å². The zero-order valence-electron chi connectivity index (χ0n) is 15.4. The predicted molar refractivity (Wildman–Crippen MR) is 103 cm³/mol. The Morgan fingerprint density at radius 3 is 2.41 bits per heavy atom. The number of hydrogen-bond acceptors (Lipinski definition) is 2. The van der Waals surface area contributed by atoms with Crippen LogP contribution in [-0.2, 0) is 0 Å². The van der Waals surface area contributed by atoms with Crippen LogP contribution in [0.3, 0.4) is 0 Å². The molecule has 2 aromatic heterocycles. The topological polar surface area (TPSA) is 37.5 Å². The van der Waals surface area contributed by atoms with E-state index < -0.39 is 6.10 Å². The van der Waals surface area contributed by atoms with Crippen molar-refractivity contribution in [3.8, 4) is 0 Å². The van der Waals surface area contributed by atoms with Crippen LogP contribution in [0.15, 0.2) is 49.1 Å². The van der Waals surface area contributed by atoms with Gasteiger partial charge in [-0.1, -0.05) is 18.2 Å². The molecule has 0 aliphatic heterocycles.